The van der Waals surface area contributed by atoms with E-state index in [9.17, 15) is 5.11 Å². The Bertz CT molecular complexity index is 605. The number of pyridine rings is 1. The van der Waals surface area contributed by atoms with Crippen LogP contribution in [0.15, 0.2) is 18.2 Å². The lowest BCUT2D eigenvalue weighted by Crippen LogP contribution is -2.55. The van der Waals surface area contributed by atoms with Gasteiger partial charge in [0.1, 0.15) is 0 Å². The van der Waals surface area contributed by atoms with E-state index in [1.165, 1.54) is 0 Å². The monoisotopic (exact) mass is 360 g/mol. The van der Waals surface area contributed by atoms with Gasteiger partial charge in [0.25, 0.3) is 0 Å². The standard InChI is InChI=1S/C20H32N4O2/c1-22-6-8-24(9-7-22)18-10-15-12-23(13-16(15)11-19(18)25)14-17-4-3-5-20(21-17)26-2/h3-5,15-16,18-19,25H,6-14H2,1-2H3/t15-,16+,18-,19-/m1/s1. The van der Waals surface area contributed by atoms with Crippen molar-refractivity contribution in [1.82, 2.24) is 19.7 Å². The van der Waals surface area contributed by atoms with Crippen LogP contribution in [0.2, 0.25) is 0 Å². The molecule has 6 heteroatoms. The van der Waals surface area contributed by atoms with Gasteiger partial charge in [-0.1, -0.05) is 6.07 Å². The predicted octanol–water partition coefficient (Wildman–Crippen LogP) is 0.909. The van der Waals surface area contributed by atoms with Crippen LogP contribution in [0.3, 0.4) is 0 Å². The highest BCUT2D eigenvalue weighted by atomic mass is 16.5. The van der Waals surface area contributed by atoms with Crippen LogP contribution < -0.4 is 4.74 Å². The molecule has 3 fully saturated rings. The summed E-state index contributed by atoms with van der Waals surface area (Å²) >= 11 is 0. The molecule has 26 heavy (non-hydrogen) atoms. The average Bonchev–Trinajstić information content (AvgIpc) is 3.03. The second-order valence-corrected chi connectivity index (χ2v) is 8.33. The van der Waals surface area contributed by atoms with Gasteiger partial charge < -0.3 is 14.7 Å². The quantitative estimate of drug-likeness (QED) is 0.861. The molecule has 1 aromatic rings. The van der Waals surface area contributed by atoms with Crippen molar-refractivity contribution < 1.29 is 9.84 Å². The minimum atomic E-state index is -0.172. The largest absolute Gasteiger partial charge is 0.481 e. The van der Waals surface area contributed by atoms with Crippen LogP contribution in [0.1, 0.15) is 18.5 Å². The Hall–Kier alpha value is -1.21. The second-order valence-electron chi connectivity index (χ2n) is 8.33. The summed E-state index contributed by atoms with van der Waals surface area (Å²) in [6.07, 6.45) is 1.91. The van der Waals surface area contributed by atoms with Crippen LogP contribution >= 0.6 is 0 Å². The van der Waals surface area contributed by atoms with Crippen LogP contribution in [0.25, 0.3) is 0 Å². The van der Waals surface area contributed by atoms with Gasteiger partial charge in [-0.05, 0) is 37.8 Å². The number of fused-ring (bicyclic) bond motifs is 1. The van der Waals surface area contributed by atoms with E-state index in [0.29, 0.717) is 23.8 Å². The average molecular weight is 361 g/mol. The molecule has 4 atom stereocenters. The number of piperazine rings is 1. The van der Waals surface area contributed by atoms with Gasteiger partial charge in [-0.15, -0.1) is 0 Å². The van der Waals surface area contributed by atoms with E-state index < -0.39 is 0 Å². The molecule has 1 aromatic heterocycles. The van der Waals surface area contributed by atoms with Crippen molar-refractivity contribution in [3.8, 4) is 5.88 Å². The molecule has 1 N–H and O–H groups in total. The molecule has 1 saturated carbocycles. The van der Waals surface area contributed by atoms with Crippen molar-refractivity contribution >= 4 is 0 Å². The topological polar surface area (TPSA) is 52.1 Å². The number of hydrogen-bond donors (Lipinski definition) is 1. The van der Waals surface area contributed by atoms with Crippen molar-refractivity contribution in [1.29, 1.82) is 0 Å². The Morgan fingerprint density at radius 3 is 2.58 bits per heavy atom. The second kappa shape index (κ2) is 7.80. The maximum absolute atomic E-state index is 10.8. The van der Waals surface area contributed by atoms with Gasteiger partial charge >= 0.3 is 0 Å². The van der Waals surface area contributed by atoms with E-state index in [4.69, 9.17) is 4.74 Å². The third-order valence-corrected chi connectivity index (χ3v) is 6.57. The summed E-state index contributed by atoms with van der Waals surface area (Å²) in [5.74, 6) is 2.01. The highest BCUT2D eigenvalue weighted by Crippen LogP contribution is 2.38. The number of aromatic nitrogens is 1. The number of aliphatic hydroxyl groups excluding tert-OH is 1. The SMILES string of the molecule is COc1cccc(CN2C[C@H]3C[C@@H](N4CCN(C)CC4)[C@H](O)C[C@H]3C2)n1. The summed E-state index contributed by atoms with van der Waals surface area (Å²) in [7, 11) is 3.85. The van der Waals surface area contributed by atoms with Crippen LogP contribution in [-0.2, 0) is 6.54 Å². The zero-order chi connectivity index (χ0) is 18.1. The fraction of sp³-hybridized carbons (Fsp3) is 0.750. The molecular weight excluding hydrogens is 328 g/mol. The van der Waals surface area contributed by atoms with Gasteiger partial charge in [0.05, 0.1) is 18.9 Å². The van der Waals surface area contributed by atoms with Gasteiger partial charge in [-0.3, -0.25) is 9.80 Å². The number of hydrogen-bond acceptors (Lipinski definition) is 6. The molecule has 1 aliphatic carbocycles. The van der Waals surface area contributed by atoms with Crippen molar-refractivity contribution in [2.24, 2.45) is 11.8 Å². The molecule has 0 radical (unpaired) electrons. The van der Waals surface area contributed by atoms with E-state index >= 15 is 0 Å². The van der Waals surface area contributed by atoms with Crippen LogP contribution in [0.4, 0.5) is 0 Å². The molecule has 0 amide bonds. The van der Waals surface area contributed by atoms with Crippen molar-refractivity contribution in [3.05, 3.63) is 23.9 Å². The zero-order valence-corrected chi connectivity index (χ0v) is 16.0. The Morgan fingerprint density at radius 2 is 1.85 bits per heavy atom. The smallest absolute Gasteiger partial charge is 0.213 e. The summed E-state index contributed by atoms with van der Waals surface area (Å²) in [6.45, 7) is 7.49. The maximum Gasteiger partial charge on any atom is 0.213 e. The van der Waals surface area contributed by atoms with Gasteiger partial charge in [-0.2, -0.15) is 0 Å². The molecule has 2 aliphatic heterocycles. The van der Waals surface area contributed by atoms with Gasteiger partial charge in [0.15, 0.2) is 0 Å². The zero-order valence-electron chi connectivity index (χ0n) is 16.0. The van der Waals surface area contributed by atoms with Crippen molar-refractivity contribution in [3.63, 3.8) is 0 Å². The third kappa shape index (κ3) is 3.88. The predicted molar refractivity (Wildman–Crippen MR) is 101 cm³/mol. The van der Waals surface area contributed by atoms with Gasteiger partial charge in [-0.25, -0.2) is 4.98 Å². The van der Waals surface area contributed by atoms with Gasteiger partial charge in [0, 0.05) is 57.9 Å². The molecule has 3 aliphatic rings. The van der Waals surface area contributed by atoms with Crippen LogP contribution in [-0.4, -0.2) is 90.4 Å². The Morgan fingerprint density at radius 1 is 1.12 bits per heavy atom. The van der Waals surface area contributed by atoms with Crippen LogP contribution in [0, 0.1) is 11.8 Å². The third-order valence-electron chi connectivity index (χ3n) is 6.57. The van der Waals surface area contributed by atoms with E-state index in [0.717, 1.165) is 64.3 Å². The Kier molecular flexibility index (Phi) is 5.45. The number of aliphatic hydroxyl groups is 1. The number of rotatable bonds is 4. The number of nitrogens with zero attached hydrogens (tertiary/aromatic N) is 4. The van der Waals surface area contributed by atoms with Crippen LogP contribution in [0.5, 0.6) is 5.88 Å². The highest BCUT2D eigenvalue weighted by Gasteiger charge is 2.43. The fourth-order valence-corrected chi connectivity index (χ4v) is 5.07. The molecule has 0 aromatic carbocycles. The first-order chi connectivity index (χ1) is 12.6. The summed E-state index contributed by atoms with van der Waals surface area (Å²) in [6, 6.07) is 6.33. The lowest BCUT2D eigenvalue weighted by molar-refractivity contribution is -0.0249. The first kappa shape index (κ1) is 18.2. The molecular formula is C20H32N4O2. The van der Waals surface area contributed by atoms with Crippen molar-refractivity contribution in [2.75, 3.05) is 53.4 Å². The number of methoxy groups -OCH3 is 1. The van der Waals surface area contributed by atoms with E-state index in [1.807, 2.05) is 12.1 Å². The van der Waals surface area contributed by atoms with Crippen molar-refractivity contribution in [2.45, 2.75) is 31.5 Å². The first-order valence-corrected chi connectivity index (χ1v) is 9.95. The minimum Gasteiger partial charge on any atom is -0.481 e. The highest BCUT2D eigenvalue weighted by molar-refractivity contribution is 5.16. The maximum atomic E-state index is 10.8. The molecule has 0 spiro atoms. The summed E-state index contributed by atoms with van der Waals surface area (Å²) in [5.41, 5.74) is 1.07. The lowest BCUT2D eigenvalue weighted by Gasteiger charge is -2.44. The summed E-state index contributed by atoms with van der Waals surface area (Å²) in [5, 5.41) is 10.8. The lowest BCUT2D eigenvalue weighted by atomic mass is 9.77. The van der Waals surface area contributed by atoms with E-state index in [-0.39, 0.29) is 6.10 Å². The first-order valence-electron chi connectivity index (χ1n) is 9.95. The molecule has 3 heterocycles. The molecule has 0 bridgehead atoms. The molecule has 6 nitrogen and oxygen atoms in total. The minimum absolute atomic E-state index is 0.172. The van der Waals surface area contributed by atoms with E-state index in [2.05, 4.69) is 32.8 Å². The number of likely N-dealkylation sites (tertiary alicyclic amines) is 1. The molecule has 0 unspecified atom stereocenters. The molecule has 4 rings (SSSR count). The normalized spacial score (nSPS) is 34.0. The van der Waals surface area contributed by atoms with E-state index in [1.54, 1.807) is 7.11 Å². The molecule has 144 valence electrons. The number of likely N-dealkylation sites (N-methyl/N-ethyl adjacent to an activating group) is 1. The molecule has 2 saturated heterocycles. The fourth-order valence-electron chi connectivity index (χ4n) is 5.07. The Balaban J connectivity index is 1.36. The van der Waals surface area contributed by atoms with Gasteiger partial charge in [0.2, 0.25) is 5.88 Å². The summed E-state index contributed by atoms with van der Waals surface area (Å²) < 4.78 is 5.25. The number of ether oxygens (including phenoxy) is 1. The summed E-state index contributed by atoms with van der Waals surface area (Å²) in [4.78, 5) is 12.0. The Labute approximate surface area is 156 Å².